The Bertz CT molecular complexity index is 924. The Morgan fingerprint density at radius 2 is 1.87 bits per heavy atom. The van der Waals surface area contributed by atoms with Crippen LogP contribution in [-0.4, -0.2) is 55.3 Å². The number of hydrogen-bond acceptors (Lipinski definition) is 5. The van der Waals surface area contributed by atoms with Crippen LogP contribution < -0.4 is 9.80 Å². The van der Waals surface area contributed by atoms with E-state index in [0.29, 0.717) is 17.4 Å². The first-order valence-electron chi connectivity index (χ1n) is 10.7. The van der Waals surface area contributed by atoms with Crippen LogP contribution in [0.4, 0.5) is 11.4 Å². The van der Waals surface area contributed by atoms with Crippen LogP contribution in [0.2, 0.25) is 0 Å². The maximum Gasteiger partial charge on any atom is 0.241 e. The molecule has 30 heavy (non-hydrogen) atoms. The first-order valence-corrected chi connectivity index (χ1v) is 11.6. The number of thioether (sulfide) groups is 1. The molecule has 4 rings (SSSR count). The molecule has 2 aromatic rings. The van der Waals surface area contributed by atoms with Crippen molar-refractivity contribution >= 4 is 29.0 Å². The maximum absolute atomic E-state index is 13.3. The van der Waals surface area contributed by atoms with Crippen LogP contribution in [-0.2, 0) is 4.79 Å². The van der Waals surface area contributed by atoms with E-state index < -0.39 is 0 Å². The number of rotatable bonds is 3. The average molecular weight is 421 g/mol. The van der Waals surface area contributed by atoms with Crippen molar-refractivity contribution in [3.8, 4) is 6.07 Å². The van der Waals surface area contributed by atoms with Gasteiger partial charge < -0.3 is 9.80 Å². The number of nitrogens with zero attached hydrogens (tertiary/aromatic N) is 4. The highest BCUT2D eigenvalue weighted by atomic mass is 32.2. The highest BCUT2D eigenvalue weighted by molar-refractivity contribution is 8.00. The van der Waals surface area contributed by atoms with E-state index in [0.717, 1.165) is 56.9 Å². The number of carbonyl (C=O) groups excluding carboxylic acids is 1. The lowest BCUT2D eigenvalue weighted by Crippen LogP contribution is -2.42. The summed E-state index contributed by atoms with van der Waals surface area (Å²) in [5.74, 6) is 0.198. The zero-order chi connectivity index (χ0) is 20.9. The normalized spacial score (nSPS) is 20.1. The molecule has 2 aliphatic rings. The minimum absolute atomic E-state index is 0.198. The van der Waals surface area contributed by atoms with E-state index in [9.17, 15) is 4.79 Å². The van der Waals surface area contributed by atoms with E-state index in [1.165, 1.54) is 4.90 Å². The molecule has 0 bridgehead atoms. The summed E-state index contributed by atoms with van der Waals surface area (Å²) in [7, 11) is 0. The van der Waals surface area contributed by atoms with Gasteiger partial charge in [0.25, 0.3) is 0 Å². The highest BCUT2D eigenvalue weighted by Crippen LogP contribution is 2.37. The lowest BCUT2D eigenvalue weighted by molar-refractivity contribution is -0.119. The SMILES string of the molecule is CC1CCN(C(=O)CN2CCCN(c3ccc(C#N)cc3)CC2)c2ccccc2S1. The molecule has 2 heterocycles. The van der Waals surface area contributed by atoms with Gasteiger partial charge >= 0.3 is 0 Å². The van der Waals surface area contributed by atoms with Gasteiger partial charge in [-0.2, -0.15) is 5.26 Å². The molecule has 0 aliphatic carbocycles. The van der Waals surface area contributed by atoms with Crippen molar-refractivity contribution in [3.63, 3.8) is 0 Å². The van der Waals surface area contributed by atoms with E-state index in [-0.39, 0.29) is 5.91 Å². The Morgan fingerprint density at radius 1 is 1.07 bits per heavy atom. The number of hydrogen-bond donors (Lipinski definition) is 0. The van der Waals surface area contributed by atoms with Crippen molar-refractivity contribution in [1.29, 1.82) is 5.26 Å². The van der Waals surface area contributed by atoms with Crippen molar-refractivity contribution in [2.45, 2.75) is 29.9 Å². The summed E-state index contributed by atoms with van der Waals surface area (Å²) in [6.45, 7) is 7.15. The molecule has 2 aliphatic heterocycles. The van der Waals surface area contributed by atoms with Gasteiger partial charge in [0.1, 0.15) is 0 Å². The van der Waals surface area contributed by atoms with Crippen LogP contribution in [0.1, 0.15) is 25.3 Å². The van der Waals surface area contributed by atoms with Gasteiger partial charge in [0.2, 0.25) is 5.91 Å². The number of para-hydroxylation sites is 1. The molecule has 0 radical (unpaired) electrons. The molecule has 0 aromatic heterocycles. The number of carbonyl (C=O) groups is 1. The zero-order valence-electron chi connectivity index (χ0n) is 17.5. The minimum Gasteiger partial charge on any atom is -0.370 e. The third-order valence-electron chi connectivity index (χ3n) is 5.85. The Labute approximate surface area is 183 Å². The van der Waals surface area contributed by atoms with Crippen molar-refractivity contribution < 1.29 is 4.79 Å². The number of anilines is 2. The van der Waals surface area contributed by atoms with Gasteiger partial charge in [-0.1, -0.05) is 19.1 Å². The van der Waals surface area contributed by atoms with Crippen LogP contribution in [0.25, 0.3) is 0 Å². The fourth-order valence-corrected chi connectivity index (χ4v) is 5.27. The van der Waals surface area contributed by atoms with Crippen molar-refractivity contribution in [3.05, 3.63) is 54.1 Å². The summed E-state index contributed by atoms with van der Waals surface area (Å²) in [6, 6.07) is 18.2. The van der Waals surface area contributed by atoms with Crippen molar-refractivity contribution in [2.75, 3.05) is 49.1 Å². The molecule has 0 saturated carbocycles. The second-order valence-electron chi connectivity index (χ2n) is 8.01. The fraction of sp³-hybridized carbons (Fsp3) is 0.417. The molecular weight excluding hydrogens is 392 g/mol. The van der Waals surface area contributed by atoms with Crippen molar-refractivity contribution in [2.24, 2.45) is 0 Å². The Hall–Kier alpha value is -2.49. The second-order valence-corrected chi connectivity index (χ2v) is 9.49. The van der Waals surface area contributed by atoms with E-state index in [2.05, 4.69) is 41.0 Å². The molecule has 0 spiro atoms. The molecule has 1 amide bonds. The molecule has 1 fully saturated rings. The van der Waals surface area contributed by atoms with Crippen LogP contribution in [0.15, 0.2) is 53.4 Å². The Balaban J connectivity index is 1.40. The standard InChI is InChI=1S/C24H28N4OS/c1-19-11-14-28(22-5-2-3-6-23(22)30-19)24(29)18-26-12-4-13-27(16-15-26)21-9-7-20(17-25)8-10-21/h2-3,5-10,19H,4,11-16,18H2,1H3. The van der Waals surface area contributed by atoms with Gasteiger partial charge in [0, 0.05) is 48.6 Å². The molecule has 1 unspecified atom stereocenters. The van der Waals surface area contributed by atoms with Crippen LogP contribution in [0.3, 0.4) is 0 Å². The van der Waals surface area contributed by atoms with Gasteiger partial charge in [0.05, 0.1) is 23.9 Å². The van der Waals surface area contributed by atoms with Crippen LogP contribution >= 0.6 is 11.8 Å². The third kappa shape index (κ3) is 4.80. The third-order valence-corrected chi connectivity index (χ3v) is 7.09. The van der Waals surface area contributed by atoms with Crippen LogP contribution in [0.5, 0.6) is 0 Å². The summed E-state index contributed by atoms with van der Waals surface area (Å²) in [5, 5.41) is 9.51. The van der Waals surface area contributed by atoms with Crippen molar-refractivity contribution in [1.82, 2.24) is 4.90 Å². The quantitative estimate of drug-likeness (QED) is 0.752. The second kappa shape index (κ2) is 9.55. The predicted octanol–water partition coefficient (Wildman–Crippen LogP) is 3.99. The number of nitriles is 1. The number of fused-ring (bicyclic) bond motifs is 1. The summed E-state index contributed by atoms with van der Waals surface area (Å²) in [4.78, 5) is 21.1. The summed E-state index contributed by atoms with van der Waals surface area (Å²) >= 11 is 1.87. The Morgan fingerprint density at radius 3 is 2.67 bits per heavy atom. The highest BCUT2D eigenvalue weighted by Gasteiger charge is 2.26. The molecular formula is C24H28N4OS. The van der Waals surface area contributed by atoms with Gasteiger partial charge in [0.15, 0.2) is 0 Å². The predicted molar refractivity (Wildman–Crippen MR) is 123 cm³/mol. The van der Waals surface area contributed by atoms with E-state index in [4.69, 9.17) is 5.26 Å². The molecule has 2 aromatic carbocycles. The molecule has 5 nitrogen and oxygen atoms in total. The molecule has 6 heteroatoms. The van der Waals surface area contributed by atoms with Gasteiger partial charge in [-0.05, 0) is 49.2 Å². The Kier molecular flexibility index (Phi) is 6.61. The molecule has 1 atom stereocenters. The number of amides is 1. The molecule has 0 N–H and O–H groups in total. The van der Waals surface area contributed by atoms with Gasteiger partial charge in [-0.25, -0.2) is 0 Å². The van der Waals surface area contributed by atoms with E-state index in [1.54, 1.807) is 0 Å². The molecule has 1 saturated heterocycles. The van der Waals surface area contributed by atoms with E-state index >= 15 is 0 Å². The maximum atomic E-state index is 13.3. The smallest absolute Gasteiger partial charge is 0.241 e. The number of benzene rings is 2. The van der Waals surface area contributed by atoms with E-state index in [1.807, 2.05) is 47.0 Å². The lowest BCUT2D eigenvalue weighted by Gasteiger charge is -2.27. The first-order chi connectivity index (χ1) is 14.6. The van der Waals surface area contributed by atoms with Gasteiger partial charge in [-0.15, -0.1) is 11.8 Å². The van der Waals surface area contributed by atoms with Crippen LogP contribution in [0, 0.1) is 11.3 Å². The fourth-order valence-electron chi connectivity index (χ4n) is 4.16. The minimum atomic E-state index is 0.198. The average Bonchev–Trinajstić information content (AvgIpc) is 3.09. The zero-order valence-corrected chi connectivity index (χ0v) is 18.3. The largest absolute Gasteiger partial charge is 0.370 e. The topological polar surface area (TPSA) is 50.6 Å². The summed E-state index contributed by atoms with van der Waals surface area (Å²) in [5.41, 5.74) is 2.89. The lowest BCUT2D eigenvalue weighted by atomic mass is 10.2. The monoisotopic (exact) mass is 420 g/mol. The van der Waals surface area contributed by atoms with Gasteiger partial charge in [-0.3, -0.25) is 9.69 Å². The molecule has 156 valence electrons. The summed E-state index contributed by atoms with van der Waals surface area (Å²) in [6.07, 6.45) is 2.04. The first kappa shape index (κ1) is 20.8. The summed E-state index contributed by atoms with van der Waals surface area (Å²) < 4.78 is 0.